The van der Waals surface area contributed by atoms with Gasteiger partial charge in [-0.25, -0.2) is 9.67 Å². The van der Waals surface area contributed by atoms with E-state index >= 15 is 0 Å². The summed E-state index contributed by atoms with van der Waals surface area (Å²) in [5, 5.41) is 7.42. The number of aromatic nitrogens is 3. The lowest BCUT2D eigenvalue weighted by atomic mass is 10.2. The number of anilines is 1. The van der Waals surface area contributed by atoms with Gasteiger partial charge in [0.05, 0.1) is 34.3 Å². The van der Waals surface area contributed by atoms with Crippen LogP contribution in [0.15, 0.2) is 65.6 Å². The van der Waals surface area contributed by atoms with E-state index in [1.165, 1.54) is 24.5 Å². The molecule has 0 unspecified atom stereocenters. The number of amides is 1. The van der Waals surface area contributed by atoms with Crippen LogP contribution < -0.4 is 5.32 Å². The van der Waals surface area contributed by atoms with Crippen molar-refractivity contribution < 1.29 is 18.0 Å². The number of hydrogen-bond donors (Lipinski definition) is 1. The topological polar surface area (TPSA) is 72.2 Å². The molecular weight excluding hydrogens is 431 g/mol. The molecule has 1 N–H and O–H groups in total. The minimum absolute atomic E-state index is 0.0793. The number of nitrogens with one attached hydrogen (secondary N) is 1. The highest BCUT2D eigenvalue weighted by Gasteiger charge is 2.30. The molecule has 31 heavy (non-hydrogen) atoms. The van der Waals surface area contributed by atoms with Crippen molar-refractivity contribution in [2.45, 2.75) is 19.6 Å². The maximum absolute atomic E-state index is 12.7. The maximum atomic E-state index is 12.7. The SMILES string of the molecule is C=N/C=C\C(=C/C)Cn1ncc2c(Cl)c(C(=O)Nc3ccc(C(F)(F)F)cc3)cnc21. The fourth-order valence-electron chi connectivity index (χ4n) is 2.77. The normalized spacial score (nSPS) is 12.5. The fraction of sp³-hybridized carbons (Fsp3) is 0.143. The lowest BCUT2D eigenvalue weighted by Gasteiger charge is -2.10. The first-order valence-electron chi connectivity index (χ1n) is 9.00. The summed E-state index contributed by atoms with van der Waals surface area (Å²) in [6, 6.07) is 4.11. The summed E-state index contributed by atoms with van der Waals surface area (Å²) in [5.41, 5.74) is 0.869. The molecule has 160 valence electrons. The molecule has 0 radical (unpaired) electrons. The van der Waals surface area contributed by atoms with E-state index in [2.05, 4.69) is 27.1 Å². The molecule has 0 aliphatic rings. The number of carbonyl (C=O) groups excluding carboxylic acids is 1. The molecule has 0 aliphatic heterocycles. The number of allylic oxidation sites excluding steroid dienone is 3. The number of alkyl halides is 3. The van der Waals surface area contributed by atoms with Gasteiger partial charge in [0.15, 0.2) is 5.65 Å². The van der Waals surface area contributed by atoms with E-state index in [1.54, 1.807) is 17.0 Å². The van der Waals surface area contributed by atoms with Gasteiger partial charge in [-0.3, -0.25) is 9.79 Å². The van der Waals surface area contributed by atoms with Crippen LogP contribution in [0.1, 0.15) is 22.8 Å². The molecule has 1 aromatic carbocycles. The summed E-state index contributed by atoms with van der Waals surface area (Å²) in [6.07, 6.45) is 3.59. The van der Waals surface area contributed by atoms with Crippen LogP contribution in [0.25, 0.3) is 11.0 Å². The highest BCUT2D eigenvalue weighted by atomic mass is 35.5. The summed E-state index contributed by atoms with van der Waals surface area (Å²) >= 11 is 6.40. The van der Waals surface area contributed by atoms with E-state index in [1.807, 2.05) is 13.0 Å². The number of carbonyl (C=O) groups is 1. The average molecular weight is 448 g/mol. The van der Waals surface area contributed by atoms with Crippen LogP contribution >= 0.6 is 11.6 Å². The zero-order chi connectivity index (χ0) is 22.6. The molecule has 0 saturated heterocycles. The van der Waals surface area contributed by atoms with Crippen LogP contribution in [0.3, 0.4) is 0 Å². The van der Waals surface area contributed by atoms with Crippen LogP contribution in [0.2, 0.25) is 5.02 Å². The molecular formula is C21H17ClF3N5O. The third kappa shape index (κ3) is 5.00. The van der Waals surface area contributed by atoms with Gasteiger partial charge in [0.2, 0.25) is 0 Å². The van der Waals surface area contributed by atoms with Crippen LogP contribution in [0, 0.1) is 0 Å². The molecule has 6 nitrogen and oxygen atoms in total. The van der Waals surface area contributed by atoms with Gasteiger partial charge in [0, 0.05) is 18.1 Å². The van der Waals surface area contributed by atoms with Gasteiger partial charge in [0.1, 0.15) is 0 Å². The number of hydrogen-bond acceptors (Lipinski definition) is 4. The first-order valence-corrected chi connectivity index (χ1v) is 9.38. The quantitative estimate of drug-likeness (QED) is 0.399. The standard InChI is InChI=1S/C21H17ClF3N5O/c1-3-13(8-9-26-2)12-30-19-16(11-28-30)18(22)17(10-27-19)20(31)29-15-6-4-14(5-7-15)21(23,24)25/h3-11H,2,12H2,1H3,(H,29,31)/b9-8-,13-3+. The lowest BCUT2D eigenvalue weighted by molar-refractivity contribution is -0.137. The minimum atomic E-state index is -4.45. The summed E-state index contributed by atoms with van der Waals surface area (Å²) in [5.74, 6) is -0.596. The Kier molecular flexibility index (Phi) is 6.55. The summed E-state index contributed by atoms with van der Waals surface area (Å²) in [7, 11) is 0. The Labute approximate surface area is 180 Å². The van der Waals surface area contributed by atoms with E-state index < -0.39 is 17.6 Å². The number of pyridine rings is 1. The Morgan fingerprint density at radius 2 is 2.00 bits per heavy atom. The molecule has 1 amide bonds. The number of rotatable bonds is 6. The lowest BCUT2D eigenvalue weighted by Crippen LogP contribution is -2.13. The van der Waals surface area contributed by atoms with Crippen molar-refractivity contribution in [2.75, 3.05) is 5.32 Å². The second-order valence-corrected chi connectivity index (χ2v) is 6.79. The fourth-order valence-corrected chi connectivity index (χ4v) is 3.04. The zero-order valence-corrected chi connectivity index (χ0v) is 17.1. The van der Waals surface area contributed by atoms with Gasteiger partial charge in [-0.05, 0) is 49.6 Å². The van der Waals surface area contributed by atoms with Crippen molar-refractivity contribution in [1.29, 1.82) is 0 Å². The van der Waals surface area contributed by atoms with Crippen LogP contribution in [-0.4, -0.2) is 27.4 Å². The molecule has 0 atom stereocenters. The van der Waals surface area contributed by atoms with Crippen molar-refractivity contribution in [3.05, 3.63) is 76.7 Å². The Bertz CT molecular complexity index is 1180. The first-order chi connectivity index (χ1) is 14.7. The number of aliphatic imine (C=N–C) groups is 1. The Morgan fingerprint density at radius 3 is 2.61 bits per heavy atom. The van der Waals surface area contributed by atoms with Gasteiger partial charge in [-0.15, -0.1) is 0 Å². The van der Waals surface area contributed by atoms with Crippen molar-refractivity contribution in [2.24, 2.45) is 4.99 Å². The molecule has 0 spiro atoms. The van der Waals surface area contributed by atoms with Gasteiger partial charge in [-0.1, -0.05) is 17.7 Å². The van der Waals surface area contributed by atoms with Crippen LogP contribution in [-0.2, 0) is 12.7 Å². The predicted octanol–water partition coefficient (Wildman–Crippen LogP) is 5.52. The molecule has 0 bridgehead atoms. The van der Waals surface area contributed by atoms with E-state index in [9.17, 15) is 18.0 Å². The monoisotopic (exact) mass is 447 g/mol. The summed E-state index contributed by atoms with van der Waals surface area (Å²) < 4.78 is 39.7. The second-order valence-electron chi connectivity index (χ2n) is 6.42. The van der Waals surface area contributed by atoms with Crippen LogP contribution in [0.5, 0.6) is 0 Å². The molecule has 0 fully saturated rings. The third-order valence-corrected chi connectivity index (χ3v) is 4.82. The van der Waals surface area contributed by atoms with Gasteiger partial charge < -0.3 is 5.32 Å². The molecule has 3 aromatic rings. The Hall–Kier alpha value is -3.46. The van der Waals surface area contributed by atoms with Crippen molar-refractivity contribution in [1.82, 2.24) is 14.8 Å². The number of benzene rings is 1. The van der Waals surface area contributed by atoms with Crippen molar-refractivity contribution in [3.63, 3.8) is 0 Å². The van der Waals surface area contributed by atoms with Gasteiger partial charge in [-0.2, -0.15) is 18.3 Å². The largest absolute Gasteiger partial charge is 0.416 e. The first kappa shape index (κ1) is 22.2. The van der Waals surface area contributed by atoms with Crippen molar-refractivity contribution in [3.8, 4) is 0 Å². The summed E-state index contributed by atoms with van der Waals surface area (Å²) in [4.78, 5) is 20.6. The van der Waals surface area contributed by atoms with E-state index in [-0.39, 0.29) is 16.3 Å². The molecule has 0 saturated carbocycles. The molecule has 2 aromatic heterocycles. The van der Waals surface area contributed by atoms with E-state index in [0.29, 0.717) is 17.6 Å². The Morgan fingerprint density at radius 1 is 1.29 bits per heavy atom. The number of fused-ring (bicyclic) bond motifs is 1. The van der Waals surface area contributed by atoms with E-state index in [0.717, 1.165) is 17.7 Å². The third-order valence-electron chi connectivity index (χ3n) is 4.41. The minimum Gasteiger partial charge on any atom is -0.322 e. The maximum Gasteiger partial charge on any atom is 0.416 e. The molecule has 2 heterocycles. The van der Waals surface area contributed by atoms with Crippen molar-refractivity contribution >= 4 is 40.9 Å². The predicted molar refractivity (Wildman–Crippen MR) is 114 cm³/mol. The van der Waals surface area contributed by atoms with Gasteiger partial charge >= 0.3 is 6.18 Å². The van der Waals surface area contributed by atoms with Crippen LogP contribution in [0.4, 0.5) is 18.9 Å². The number of nitrogens with zero attached hydrogens (tertiary/aromatic N) is 4. The molecule has 3 rings (SSSR count). The highest BCUT2D eigenvalue weighted by Crippen LogP contribution is 2.30. The van der Waals surface area contributed by atoms with E-state index in [4.69, 9.17) is 11.6 Å². The van der Waals surface area contributed by atoms with Gasteiger partial charge in [0.25, 0.3) is 5.91 Å². The highest BCUT2D eigenvalue weighted by molar-refractivity contribution is 6.38. The molecule has 0 aliphatic carbocycles. The smallest absolute Gasteiger partial charge is 0.322 e. The summed E-state index contributed by atoms with van der Waals surface area (Å²) in [6.45, 7) is 5.68. The zero-order valence-electron chi connectivity index (χ0n) is 16.3. The Balaban J connectivity index is 1.83. The average Bonchev–Trinajstić information content (AvgIpc) is 3.14. The number of halogens is 4. The second kappa shape index (κ2) is 9.13. The molecule has 10 heteroatoms.